The van der Waals surface area contributed by atoms with E-state index in [1.807, 2.05) is 0 Å². The molecule has 188 valence electrons. The van der Waals surface area contributed by atoms with Crippen LogP contribution in [0.25, 0.3) is 0 Å². The lowest BCUT2D eigenvalue weighted by molar-refractivity contribution is 0.0696. The summed E-state index contributed by atoms with van der Waals surface area (Å²) in [5.74, 6) is 1.99. The monoisotopic (exact) mass is 480 g/mol. The third-order valence-electron chi connectivity index (χ3n) is 6.27. The van der Waals surface area contributed by atoms with Crippen LogP contribution in [0.2, 0.25) is 0 Å². The van der Waals surface area contributed by atoms with E-state index in [4.69, 9.17) is 9.47 Å². The maximum atomic E-state index is 6.79. The Morgan fingerprint density at radius 2 is 0.706 bits per heavy atom. The quantitative estimate of drug-likeness (QED) is 0.327. The highest BCUT2D eigenvalue weighted by Crippen LogP contribution is 2.43. The molecule has 34 heavy (non-hydrogen) atoms. The molecule has 0 fully saturated rings. The second-order valence-electron chi connectivity index (χ2n) is 14.2. The van der Waals surface area contributed by atoms with E-state index in [1.54, 1.807) is 0 Å². The van der Waals surface area contributed by atoms with E-state index in [0.29, 0.717) is 0 Å². The van der Waals surface area contributed by atoms with Crippen molar-refractivity contribution in [3.05, 3.63) is 57.6 Å². The van der Waals surface area contributed by atoms with Crippen molar-refractivity contribution in [1.29, 1.82) is 0 Å². The van der Waals surface area contributed by atoms with Gasteiger partial charge in [0.2, 0.25) is 0 Å². The van der Waals surface area contributed by atoms with Crippen LogP contribution in [0.3, 0.4) is 0 Å². The zero-order chi connectivity index (χ0) is 26.4. The van der Waals surface area contributed by atoms with Crippen molar-refractivity contribution in [2.75, 3.05) is 0 Å². The zero-order valence-corrected chi connectivity index (χ0v) is 26.7. The Morgan fingerprint density at radius 1 is 0.500 bits per heavy atom. The van der Waals surface area contributed by atoms with Gasteiger partial charge in [0.15, 0.2) is 5.15 Å². The van der Waals surface area contributed by atoms with E-state index in [2.05, 4.69) is 121 Å². The Hall–Kier alpha value is -1.43. The number of aryl methyl sites for hydroxylation is 2. The minimum absolute atomic E-state index is 0.0281. The van der Waals surface area contributed by atoms with Crippen LogP contribution in [-0.4, -0.2) is 21.4 Å². The van der Waals surface area contributed by atoms with Gasteiger partial charge in [0, 0.05) is 22.3 Å². The van der Waals surface area contributed by atoms with E-state index >= 15 is 0 Å². The van der Waals surface area contributed by atoms with Crippen molar-refractivity contribution in [2.45, 2.75) is 124 Å². The smallest absolute Gasteiger partial charge is 0.344 e. The topological polar surface area (TPSA) is 18.5 Å². The molecule has 0 aliphatic carbocycles. The van der Waals surface area contributed by atoms with Crippen molar-refractivity contribution < 1.29 is 9.47 Å². The van der Waals surface area contributed by atoms with Gasteiger partial charge in [-0.25, -0.2) is 0 Å². The number of rotatable bonds is 4. The Labute approximate surface area is 218 Å². The average molecular weight is 481 g/mol. The summed E-state index contributed by atoms with van der Waals surface area (Å²) in [6.45, 7) is 31.5. The van der Waals surface area contributed by atoms with Gasteiger partial charge in [-0.15, -0.1) is 0 Å². The van der Waals surface area contributed by atoms with Crippen molar-refractivity contribution in [2.24, 2.45) is 0 Å². The van der Waals surface area contributed by atoms with Crippen LogP contribution in [0.1, 0.15) is 116 Å². The van der Waals surface area contributed by atoms with Gasteiger partial charge in [-0.2, -0.15) is 0 Å². The first kappa shape index (κ1) is 28.8. The molecule has 0 aliphatic rings. The molecule has 2 aromatic carbocycles. The summed E-state index contributed by atoms with van der Waals surface area (Å²) in [5.41, 5.74) is 7.43. The first-order valence-electron chi connectivity index (χ1n) is 12.8. The molecule has 0 heterocycles. The van der Waals surface area contributed by atoms with Gasteiger partial charge in [0.1, 0.15) is 11.5 Å². The highest BCUT2D eigenvalue weighted by molar-refractivity contribution is 6.10. The van der Waals surface area contributed by atoms with Crippen LogP contribution in [0.4, 0.5) is 0 Å². The molecule has 2 nitrogen and oxygen atoms in total. The van der Waals surface area contributed by atoms with Crippen LogP contribution in [0, 0.1) is 13.8 Å². The van der Waals surface area contributed by atoms with Gasteiger partial charge >= 0.3 is 16.3 Å². The molecule has 0 radical (unpaired) electrons. The molecular formula is C31H49AlO2. The summed E-state index contributed by atoms with van der Waals surface area (Å²) in [4.78, 5) is 0. The Kier molecular flexibility index (Phi) is 8.10. The van der Waals surface area contributed by atoms with Crippen LogP contribution in [0.5, 0.6) is 11.5 Å². The molecule has 0 atom stereocenters. The van der Waals surface area contributed by atoms with Crippen LogP contribution in [0.15, 0.2) is 24.3 Å². The maximum Gasteiger partial charge on any atom is 0.344 e. The minimum Gasteiger partial charge on any atom is -0.471 e. The molecule has 0 aliphatic heterocycles. The predicted molar refractivity (Wildman–Crippen MR) is 151 cm³/mol. The lowest BCUT2D eigenvalue weighted by atomic mass is 9.78. The van der Waals surface area contributed by atoms with Gasteiger partial charge < -0.3 is 9.47 Å². The first-order valence-corrected chi connectivity index (χ1v) is 13.9. The van der Waals surface area contributed by atoms with E-state index in [0.717, 1.165) is 27.8 Å². The summed E-state index contributed by atoms with van der Waals surface area (Å²) in [6, 6.07) is 9.13. The lowest BCUT2D eigenvalue weighted by Crippen LogP contribution is -2.31. The lowest BCUT2D eigenvalue weighted by Gasteiger charge is -2.34. The van der Waals surface area contributed by atoms with Crippen LogP contribution >= 0.6 is 0 Å². The molecule has 0 spiro atoms. The van der Waals surface area contributed by atoms with Gasteiger partial charge in [0.05, 0.1) is 0 Å². The fourth-order valence-electron chi connectivity index (χ4n) is 4.38. The highest BCUT2D eigenvalue weighted by atomic mass is 27.0. The molecule has 0 N–H and O–H groups in total. The van der Waals surface area contributed by atoms with Crippen molar-refractivity contribution in [3.63, 3.8) is 0 Å². The van der Waals surface area contributed by atoms with E-state index in [1.165, 1.54) is 33.4 Å². The predicted octanol–water partition coefficient (Wildman–Crippen LogP) is 7.87. The molecule has 0 saturated carbocycles. The molecule has 2 aromatic rings. The van der Waals surface area contributed by atoms with Gasteiger partial charge in [-0.3, -0.25) is 0 Å². The fourth-order valence-corrected chi connectivity index (χ4v) is 4.86. The van der Waals surface area contributed by atoms with Gasteiger partial charge in [-0.05, 0) is 35.5 Å². The van der Waals surface area contributed by atoms with E-state index < -0.39 is 0 Å². The van der Waals surface area contributed by atoms with Crippen LogP contribution in [-0.2, 0) is 21.7 Å². The molecule has 2 rings (SSSR count). The third-order valence-corrected chi connectivity index (χ3v) is 6.74. The molecule has 0 bridgehead atoms. The molecule has 3 heteroatoms. The summed E-state index contributed by atoms with van der Waals surface area (Å²) in [7, 11) is 0. The molecule has 0 amide bonds. The summed E-state index contributed by atoms with van der Waals surface area (Å²) < 4.78 is 13.6. The molecular weight excluding hydrogens is 431 g/mol. The summed E-state index contributed by atoms with van der Waals surface area (Å²) in [6.07, 6.45) is 0. The van der Waals surface area contributed by atoms with Gasteiger partial charge in [0.25, 0.3) is 0 Å². The normalized spacial score (nSPS) is 13.4. The van der Waals surface area contributed by atoms with E-state index in [-0.39, 0.29) is 26.8 Å². The Balaban J connectivity index is 2.65. The van der Waals surface area contributed by atoms with Gasteiger partial charge in [-0.1, -0.05) is 118 Å². The number of hydrogen-bond donors (Lipinski definition) is 0. The zero-order valence-electron chi connectivity index (χ0n) is 24.7. The first-order chi connectivity index (χ1) is 15.1. The molecule has 0 aromatic heterocycles. The second kappa shape index (κ2) is 9.56. The van der Waals surface area contributed by atoms with E-state index in [9.17, 15) is 0 Å². The number of benzene rings is 2. The Morgan fingerprint density at radius 3 is 0.882 bits per heavy atom. The summed E-state index contributed by atoms with van der Waals surface area (Å²) in [5, 5.41) is -0.296. The largest absolute Gasteiger partial charge is 0.471 e. The highest BCUT2D eigenvalue weighted by Gasteiger charge is 2.31. The van der Waals surface area contributed by atoms with Crippen molar-refractivity contribution in [1.82, 2.24) is 0 Å². The number of hydrogen-bond acceptors (Lipinski definition) is 2. The van der Waals surface area contributed by atoms with Crippen molar-refractivity contribution in [3.8, 4) is 11.5 Å². The van der Waals surface area contributed by atoms with Crippen LogP contribution < -0.4 is 9.47 Å². The molecule has 0 unspecified atom stereocenters. The second-order valence-corrected chi connectivity index (χ2v) is 15.1. The standard InChI is InChI=1S/C31H47O2.Al.2H/c1-20-15-22(28(3,4)5)26(23(16-20)29(6,7)8)32-19-33-27-24(30(9,10)11)17-21(2)18-25(27)31(12,13)14;;;/h15-19H,1-14H3;;;. The molecule has 0 saturated heterocycles. The average Bonchev–Trinajstić information content (AvgIpc) is 2.60. The minimum atomic E-state index is -0.296. The summed E-state index contributed by atoms with van der Waals surface area (Å²) >= 11 is 0.749. The fraction of sp³-hybridized carbons (Fsp3) is 0.613. The number of ether oxygens (including phenoxy) is 2. The van der Waals surface area contributed by atoms with Crippen molar-refractivity contribution >= 4 is 16.3 Å². The maximum absolute atomic E-state index is 6.79. The SMILES string of the molecule is Cc1cc(C(C)(C)C)c(O[CH]([AlH2])Oc2c(C(C)(C)C)cc(C)cc2C(C)(C)C)c(C(C)(C)C)c1. The Bertz CT molecular complexity index is 868. The third kappa shape index (κ3) is 6.83.